The summed E-state index contributed by atoms with van der Waals surface area (Å²) < 4.78 is 1.45. The van der Waals surface area contributed by atoms with Crippen LogP contribution in [0.3, 0.4) is 0 Å². The van der Waals surface area contributed by atoms with Crippen LogP contribution in [0, 0.1) is 11.3 Å². The SMILES string of the molecule is N#Cc1c(NC(=O)CCn2cnc3sccc3c2=O)sc2c1CCC2. The Bertz CT molecular complexity index is 1070. The van der Waals surface area contributed by atoms with E-state index in [0.29, 0.717) is 20.8 Å². The average Bonchev–Trinajstić information content (AvgIpc) is 3.29. The fourth-order valence-corrected chi connectivity index (χ4v) is 5.05. The largest absolute Gasteiger partial charge is 0.317 e. The predicted octanol–water partition coefficient (Wildman–Crippen LogP) is 2.91. The van der Waals surface area contributed by atoms with E-state index in [-0.39, 0.29) is 24.4 Å². The van der Waals surface area contributed by atoms with E-state index in [1.807, 2.05) is 5.38 Å². The summed E-state index contributed by atoms with van der Waals surface area (Å²) in [4.78, 5) is 30.7. The highest BCUT2D eigenvalue weighted by molar-refractivity contribution is 7.17. The van der Waals surface area contributed by atoms with E-state index in [2.05, 4.69) is 16.4 Å². The van der Waals surface area contributed by atoms with Crippen molar-refractivity contribution in [1.29, 1.82) is 5.26 Å². The third-order valence-corrected chi connectivity index (χ3v) is 6.34. The number of carbonyl (C=O) groups excluding carboxylic acids is 1. The molecule has 1 aliphatic carbocycles. The highest BCUT2D eigenvalue weighted by Crippen LogP contribution is 2.38. The molecule has 0 aliphatic heterocycles. The molecule has 1 N–H and O–H groups in total. The summed E-state index contributed by atoms with van der Waals surface area (Å²) >= 11 is 2.91. The lowest BCUT2D eigenvalue weighted by molar-refractivity contribution is -0.116. The normalized spacial score (nSPS) is 12.9. The van der Waals surface area contributed by atoms with E-state index in [4.69, 9.17) is 0 Å². The molecular weight excluding hydrogens is 356 g/mol. The molecule has 6 nitrogen and oxygen atoms in total. The van der Waals surface area contributed by atoms with Gasteiger partial charge in [0, 0.05) is 17.8 Å². The topological polar surface area (TPSA) is 87.8 Å². The molecule has 3 heterocycles. The molecule has 3 aromatic heterocycles. The van der Waals surface area contributed by atoms with Crippen molar-refractivity contribution >= 4 is 43.8 Å². The first-order valence-corrected chi connectivity index (χ1v) is 9.64. The van der Waals surface area contributed by atoms with Crippen LogP contribution in [0.15, 0.2) is 22.6 Å². The van der Waals surface area contributed by atoms with E-state index in [1.165, 1.54) is 38.4 Å². The van der Waals surface area contributed by atoms with Crippen molar-refractivity contribution in [2.24, 2.45) is 0 Å². The van der Waals surface area contributed by atoms with Crippen molar-refractivity contribution in [3.63, 3.8) is 0 Å². The maximum Gasteiger partial charge on any atom is 0.262 e. The summed E-state index contributed by atoms with van der Waals surface area (Å²) in [6.45, 7) is 0.260. The molecule has 1 amide bonds. The smallest absolute Gasteiger partial charge is 0.262 e. The van der Waals surface area contributed by atoms with Crippen LogP contribution in [0.2, 0.25) is 0 Å². The van der Waals surface area contributed by atoms with Crippen LogP contribution in [-0.4, -0.2) is 15.5 Å². The third kappa shape index (κ3) is 2.86. The number of amides is 1. The monoisotopic (exact) mass is 370 g/mol. The minimum atomic E-state index is -0.200. The van der Waals surface area contributed by atoms with E-state index < -0.39 is 0 Å². The minimum Gasteiger partial charge on any atom is -0.317 e. The molecule has 4 rings (SSSR count). The Hall–Kier alpha value is -2.50. The average molecular weight is 370 g/mol. The van der Waals surface area contributed by atoms with Crippen LogP contribution in [0.4, 0.5) is 5.00 Å². The van der Waals surface area contributed by atoms with Crippen LogP contribution in [0.5, 0.6) is 0 Å². The Balaban J connectivity index is 1.47. The van der Waals surface area contributed by atoms with Crippen molar-refractivity contribution in [2.75, 3.05) is 5.32 Å². The molecule has 0 atom stereocenters. The number of nitrogens with one attached hydrogen (secondary N) is 1. The summed E-state index contributed by atoms with van der Waals surface area (Å²) in [5.41, 5.74) is 1.56. The van der Waals surface area contributed by atoms with Gasteiger partial charge in [0.15, 0.2) is 0 Å². The zero-order chi connectivity index (χ0) is 17.4. The van der Waals surface area contributed by atoms with Crippen LogP contribution in [0.1, 0.15) is 28.8 Å². The molecule has 0 unspecified atom stereocenters. The van der Waals surface area contributed by atoms with Gasteiger partial charge in [0.05, 0.1) is 17.3 Å². The van der Waals surface area contributed by atoms with Gasteiger partial charge in [0.2, 0.25) is 5.91 Å². The molecular formula is C17H14N4O2S2. The fourth-order valence-electron chi connectivity index (χ4n) is 3.07. The number of fused-ring (bicyclic) bond motifs is 2. The van der Waals surface area contributed by atoms with Gasteiger partial charge in [-0.05, 0) is 36.3 Å². The van der Waals surface area contributed by atoms with Crippen molar-refractivity contribution < 1.29 is 4.79 Å². The Morgan fingerprint density at radius 2 is 2.32 bits per heavy atom. The Labute approximate surface area is 151 Å². The predicted molar refractivity (Wildman–Crippen MR) is 98.2 cm³/mol. The number of aromatic nitrogens is 2. The van der Waals surface area contributed by atoms with Gasteiger partial charge in [-0.3, -0.25) is 14.2 Å². The molecule has 0 bridgehead atoms. The van der Waals surface area contributed by atoms with Gasteiger partial charge >= 0.3 is 0 Å². The number of nitrogens with zero attached hydrogens (tertiary/aromatic N) is 3. The number of hydrogen-bond acceptors (Lipinski definition) is 6. The summed E-state index contributed by atoms with van der Waals surface area (Å²) in [5, 5.41) is 15.2. The molecule has 1 aliphatic rings. The quantitative estimate of drug-likeness (QED) is 0.765. The molecule has 3 aromatic rings. The van der Waals surface area contributed by atoms with Crippen LogP contribution in [0.25, 0.3) is 10.2 Å². The van der Waals surface area contributed by atoms with Gasteiger partial charge in [-0.15, -0.1) is 22.7 Å². The molecule has 25 heavy (non-hydrogen) atoms. The second-order valence-electron chi connectivity index (χ2n) is 5.85. The molecule has 0 aromatic carbocycles. The summed E-state index contributed by atoms with van der Waals surface area (Å²) in [5.74, 6) is -0.200. The Morgan fingerprint density at radius 1 is 1.44 bits per heavy atom. The summed E-state index contributed by atoms with van der Waals surface area (Å²) in [6.07, 6.45) is 4.60. The minimum absolute atomic E-state index is 0.133. The van der Waals surface area contributed by atoms with Crippen LogP contribution < -0.4 is 10.9 Å². The maximum atomic E-state index is 12.3. The van der Waals surface area contributed by atoms with Gasteiger partial charge in [-0.25, -0.2) is 4.98 Å². The lowest BCUT2D eigenvalue weighted by Gasteiger charge is -2.06. The number of thiophene rings is 2. The second-order valence-corrected chi connectivity index (χ2v) is 7.85. The van der Waals surface area contributed by atoms with Crippen molar-refractivity contribution in [3.8, 4) is 6.07 Å². The van der Waals surface area contributed by atoms with Crippen LogP contribution >= 0.6 is 22.7 Å². The van der Waals surface area contributed by atoms with Crippen molar-refractivity contribution in [3.05, 3.63) is 44.1 Å². The number of anilines is 1. The number of carbonyl (C=O) groups is 1. The van der Waals surface area contributed by atoms with E-state index in [0.717, 1.165) is 24.8 Å². The Morgan fingerprint density at radius 3 is 3.16 bits per heavy atom. The highest BCUT2D eigenvalue weighted by atomic mass is 32.1. The lowest BCUT2D eigenvalue weighted by atomic mass is 10.1. The van der Waals surface area contributed by atoms with Gasteiger partial charge < -0.3 is 5.32 Å². The van der Waals surface area contributed by atoms with Crippen molar-refractivity contribution in [1.82, 2.24) is 9.55 Å². The summed E-state index contributed by atoms with van der Waals surface area (Å²) in [6, 6.07) is 3.96. The molecule has 0 fully saturated rings. The first-order chi connectivity index (χ1) is 12.2. The van der Waals surface area contributed by atoms with Crippen LogP contribution in [-0.2, 0) is 24.2 Å². The molecule has 0 radical (unpaired) electrons. The Kier molecular flexibility index (Phi) is 4.11. The molecule has 126 valence electrons. The third-order valence-electron chi connectivity index (χ3n) is 4.32. The number of rotatable bonds is 4. The zero-order valence-corrected chi connectivity index (χ0v) is 14.9. The molecule has 0 saturated carbocycles. The summed E-state index contributed by atoms with van der Waals surface area (Å²) in [7, 11) is 0. The lowest BCUT2D eigenvalue weighted by Crippen LogP contribution is -2.23. The zero-order valence-electron chi connectivity index (χ0n) is 13.2. The van der Waals surface area contributed by atoms with Gasteiger partial charge in [-0.2, -0.15) is 5.26 Å². The number of aryl methyl sites for hydroxylation is 2. The number of hydrogen-bond donors (Lipinski definition) is 1. The second kappa shape index (κ2) is 6.43. The molecule has 0 spiro atoms. The molecule has 8 heteroatoms. The highest BCUT2D eigenvalue weighted by Gasteiger charge is 2.23. The van der Waals surface area contributed by atoms with Crippen molar-refractivity contribution in [2.45, 2.75) is 32.2 Å². The fraction of sp³-hybridized carbons (Fsp3) is 0.294. The first-order valence-electron chi connectivity index (χ1n) is 7.94. The maximum absolute atomic E-state index is 12.3. The van der Waals surface area contributed by atoms with E-state index in [9.17, 15) is 14.9 Å². The van der Waals surface area contributed by atoms with Gasteiger partial charge in [-0.1, -0.05) is 0 Å². The number of nitriles is 1. The van der Waals surface area contributed by atoms with Gasteiger partial charge in [0.25, 0.3) is 5.56 Å². The van der Waals surface area contributed by atoms with E-state index in [1.54, 1.807) is 6.07 Å². The van der Waals surface area contributed by atoms with Gasteiger partial charge in [0.1, 0.15) is 15.9 Å². The first kappa shape index (κ1) is 16.0. The standard InChI is InChI=1S/C17H14N4O2S2/c18-8-12-10-2-1-3-13(10)25-16(12)20-14(22)4-6-21-9-19-15-11(17(21)23)5-7-24-15/h5,7,9H,1-4,6H2,(H,20,22). The van der Waals surface area contributed by atoms with E-state index >= 15 is 0 Å². The molecule has 0 saturated heterocycles.